The lowest BCUT2D eigenvalue weighted by atomic mass is 10.4. The highest BCUT2D eigenvalue weighted by molar-refractivity contribution is 8.13. The smallest absolute Gasteiger partial charge is 0.351 e. The van der Waals surface area contributed by atoms with Crippen LogP contribution in [-0.4, -0.2) is 27.0 Å². The highest BCUT2D eigenvalue weighted by atomic mass is 35.7. The maximum Gasteiger partial charge on any atom is 0.390 e. The van der Waals surface area contributed by atoms with Gasteiger partial charge in [0.1, 0.15) is 0 Å². The molecule has 10 heteroatoms. The molecular weight excluding hydrogens is 327 g/mol. The van der Waals surface area contributed by atoms with Crippen LogP contribution in [0, 0.1) is 6.92 Å². The van der Waals surface area contributed by atoms with Crippen LogP contribution in [0.1, 0.15) is 21.0 Å². The van der Waals surface area contributed by atoms with E-state index in [0.717, 1.165) is 17.4 Å². The van der Waals surface area contributed by atoms with Crippen LogP contribution in [0.5, 0.6) is 0 Å². The molecule has 0 aromatic carbocycles. The lowest BCUT2D eigenvalue weighted by molar-refractivity contribution is -0.132. The molecule has 0 spiro atoms. The molecule has 1 rings (SSSR count). The Bertz CT molecular complexity index is 580. The number of alkyl halides is 3. The standard InChI is InChI=1S/C9H9ClF3NO3S2/c1-5-7(19(10,16)17)4-6(18-5)8(15)14-3-2-9(11,12)13/h4H,2-3H2,1H3,(H,14,15). The topological polar surface area (TPSA) is 63.2 Å². The van der Waals surface area contributed by atoms with E-state index in [0.29, 0.717) is 4.88 Å². The molecule has 1 amide bonds. The quantitative estimate of drug-likeness (QED) is 0.860. The van der Waals surface area contributed by atoms with Gasteiger partial charge in [-0.25, -0.2) is 8.42 Å². The van der Waals surface area contributed by atoms with Gasteiger partial charge in [0.25, 0.3) is 15.0 Å². The zero-order valence-corrected chi connectivity index (χ0v) is 11.9. The van der Waals surface area contributed by atoms with Gasteiger partial charge in [0.15, 0.2) is 0 Å². The van der Waals surface area contributed by atoms with E-state index < -0.39 is 34.1 Å². The second-order valence-corrected chi connectivity index (χ2v) is 7.38. The van der Waals surface area contributed by atoms with Gasteiger partial charge in [0.05, 0.1) is 16.2 Å². The zero-order valence-electron chi connectivity index (χ0n) is 9.54. The van der Waals surface area contributed by atoms with Crippen LogP contribution < -0.4 is 5.32 Å². The van der Waals surface area contributed by atoms with Crippen molar-refractivity contribution in [3.8, 4) is 0 Å². The highest BCUT2D eigenvalue weighted by Crippen LogP contribution is 2.28. The third-order valence-electron chi connectivity index (χ3n) is 2.05. The summed E-state index contributed by atoms with van der Waals surface area (Å²) in [6.45, 7) is 0.884. The molecule has 0 bridgehead atoms. The highest BCUT2D eigenvalue weighted by Gasteiger charge is 2.27. The second kappa shape index (κ2) is 5.68. The third kappa shape index (κ3) is 5.00. The second-order valence-electron chi connectivity index (χ2n) is 3.59. The van der Waals surface area contributed by atoms with Crippen molar-refractivity contribution < 1.29 is 26.4 Å². The summed E-state index contributed by atoms with van der Waals surface area (Å²) >= 11 is 0.850. The predicted molar refractivity (Wildman–Crippen MR) is 65.1 cm³/mol. The maximum absolute atomic E-state index is 11.9. The molecule has 19 heavy (non-hydrogen) atoms. The van der Waals surface area contributed by atoms with Gasteiger partial charge in [0.2, 0.25) is 0 Å². The molecule has 0 fully saturated rings. The van der Waals surface area contributed by atoms with Crippen molar-refractivity contribution in [2.24, 2.45) is 0 Å². The fraction of sp³-hybridized carbons (Fsp3) is 0.444. The van der Waals surface area contributed by atoms with E-state index in [1.807, 2.05) is 0 Å². The van der Waals surface area contributed by atoms with Crippen LogP contribution in [0.3, 0.4) is 0 Å². The average molecular weight is 336 g/mol. The lowest BCUT2D eigenvalue weighted by Gasteiger charge is -2.06. The number of carbonyl (C=O) groups is 1. The Morgan fingerprint density at radius 2 is 2.05 bits per heavy atom. The van der Waals surface area contributed by atoms with Gasteiger partial charge in [-0.1, -0.05) is 0 Å². The molecule has 0 unspecified atom stereocenters. The molecule has 1 heterocycles. The van der Waals surface area contributed by atoms with E-state index in [4.69, 9.17) is 10.7 Å². The van der Waals surface area contributed by atoms with Crippen LogP contribution in [-0.2, 0) is 9.05 Å². The minimum Gasteiger partial charge on any atom is -0.351 e. The van der Waals surface area contributed by atoms with Gasteiger partial charge in [0, 0.05) is 22.1 Å². The van der Waals surface area contributed by atoms with E-state index in [2.05, 4.69) is 5.32 Å². The van der Waals surface area contributed by atoms with Crippen molar-refractivity contribution in [2.45, 2.75) is 24.4 Å². The molecule has 1 aromatic rings. The van der Waals surface area contributed by atoms with E-state index in [9.17, 15) is 26.4 Å². The van der Waals surface area contributed by atoms with Gasteiger partial charge in [-0.15, -0.1) is 11.3 Å². The summed E-state index contributed by atoms with van der Waals surface area (Å²) < 4.78 is 57.9. The Morgan fingerprint density at radius 3 is 2.47 bits per heavy atom. The van der Waals surface area contributed by atoms with Crippen LogP contribution in [0.25, 0.3) is 0 Å². The fourth-order valence-electron chi connectivity index (χ4n) is 1.22. The summed E-state index contributed by atoms with van der Waals surface area (Å²) in [4.78, 5) is 11.6. The molecule has 0 radical (unpaired) electrons. The summed E-state index contributed by atoms with van der Waals surface area (Å²) in [5.74, 6) is -0.760. The number of hydrogen-bond acceptors (Lipinski definition) is 4. The van der Waals surface area contributed by atoms with Crippen LogP contribution in [0.2, 0.25) is 0 Å². The average Bonchev–Trinajstić information content (AvgIpc) is 2.57. The number of hydrogen-bond donors (Lipinski definition) is 1. The number of aryl methyl sites for hydroxylation is 1. The van der Waals surface area contributed by atoms with E-state index in [-0.39, 0.29) is 9.77 Å². The minimum atomic E-state index is -4.36. The number of carbonyl (C=O) groups excluding carboxylic acids is 1. The predicted octanol–water partition coefficient (Wildman–Crippen LogP) is 2.67. The Hall–Kier alpha value is -0.800. The molecule has 0 atom stereocenters. The summed E-state index contributed by atoms with van der Waals surface area (Å²) in [6.07, 6.45) is -5.51. The minimum absolute atomic E-state index is 0.00102. The fourth-order valence-corrected chi connectivity index (χ4v) is 3.80. The van der Waals surface area contributed by atoms with Crippen LogP contribution in [0.15, 0.2) is 11.0 Å². The van der Waals surface area contributed by atoms with E-state index >= 15 is 0 Å². The molecule has 4 nitrogen and oxygen atoms in total. The Balaban J connectivity index is 2.74. The molecule has 0 aliphatic heterocycles. The number of amides is 1. The molecule has 0 aliphatic carbocycles. The molecule has 0 saturated carbocycles. The summed E-state index contributed by atoms with van der Waals surface area (Å²) in [5.41, 5.74) is 0. The van der Waals surface area contributed by atoms with Gasteiger partial charge in [-0.05, 0) is 13.0 Å². The van der Waals surface area contributed by atoms with Crippen molar-refractivity contribution in [2.75, 3.05) is 6.54 Å². The Morgan fingerprint density at radius 1 is 1.47 bits per heavy atom. The van der Waals surface area contributed by atoms with E-state index in [1.54, 1.807) is 0 Å². The van der Waals surface area contributed by atoms with Crippen molar-refractivity contribution in [3.63, 3.8) is 0 Å². The Kier molecular flexibility index (Phi) is 4.86. The molecule has 1 N–H and O–H groups in total. The van der Waals surface area contributed by atoms with Gasteiger partial charge < -0.3 is 5.32 Å². The maximum atomic E-state index is 11.9. The Labute approximate surface area is 116 Å². The van der Waals surface area contributed by atoms with Gasteiger partial charge in [-0.3, -0.25) is 4.79 Å². The molecule has 0 aliphatic rings. The van der Waals surface area contributed by atoms with E-state index in [1.165, 1.54) is 6.92 Å². The van der Waals surface area contributed by atoms with Crippen LogP contribution in [0.4, 0.5) is 13.2 Å². The number of halogens is 4. The molecule has 1 aromatic heterocycles. The molecule has 108 valence electrons. The lowest BCUT2D eigenvalue weighted by Crippen LogP contribution is -2.27. The van der Waals surface area contributed by atoms with Crippen LogP contribution >= 0.6 is 22.0 Å². The summed E-state index contributed by atoms with van der Waals surface area (Å²) in [7, 11) is 1.18. The largest absolute Gasteiger partial charge is 0.390 e. The van der Waals surface area contributed by atoms with Crippen molar-refractivity contribution in [1.29, 1.82) is 0 Å². The summed E-state index contributed by atoms with van der Waals surface area (Å²) in [6, 6.07) is 1.05. The number of rotatable bonds is 4. The third-order valence-corrected chi connectivity index (χ3v) is 4.68. The normalized spacial score (nSPS) is 12.5. The van der Waals surface area contributed by atoms with Crippen molar-refractivity contribution in [1.82, 2.24) is 5.32 Å². The summed E-state index contributed by atoms with van der Waals surface area (Å²) in [5, 5.41) is 2.06. The first-order valence-corrected chi connectivity index (χ1v) is 8.03. The SMILES string of the molecule is Cc1sc(C(=O)NCCC(F)(F)F)cc1S(=O)(=O)Cl. The van der Waals surface area contributed by atoms with Gasteiger partial charge in [-0.2, -0.15) is 13.2 Å². The number of thiophene rings is 1. The first-order chi connectivity index (χ1) is 8.50. The molecule has 0 saturated heterocycles. The van der Waals surface area contributed by atoms with Gasteiger partial charge >= 0.3 is 6.18 Å². The van der Waals surface area contributed by atoms with Crippen molar-refractivity contribution in [3.05, 3.63) is 15.8 Å². The van der Waals surface area contributed by atoms with Crippen molar-refractivity contribution >= 4 is 37.0 Å². The first-order valence-electron chi connectivity index (χ1n) is 4.91. The number of nitrogens with one attached hydrogen (secondary N) is 1. The molecular formula is C9H9ClF3NO3S2. The monoisotopic (exact) mass is 335 g/mol. The zero-order chi connectivity index (χ0) is 14.8. The first kappa shape index (κ1) is 16.3.